The molecule has 0 aliphatic rings. The van der Waals surface area contributed by atoms with Crippen LogP contribution in [0.2, 0.25) is 0 Å². The van der Waals surface area contributed by atoms with Gasteiger partial charge in [-0.05, 0) is 29.3 Å². The Balaban J connectivity index is 2.09. The number of carbonyl (C=O) groups excluding carboxylic acids is 1. The van der Waals surface area contributed by atoms with E-state index >= 15 is 0 Å². The first kappa shape index (κ1) is 20.8. The number of hydrogen-bond acceptors (Lipinski definition) is 5. The van der Waals surface area contributed by atoms with Crippen molar-refractivity contribution in [3.05, 3.63) is 60.2 Å². The van der Waals surface area contributed by atoms with Crippen molar-refractivity contribution in [2.75, 3.05) is 0 Å². The van der Waals surface area contributed by atoms with E-state index in [-0.39, 0.29) is 23.5 Å². The normalized spacial score (nSPS) is 11.5. The lowest BCUT2D eigenvalue weighted by atomic mass is 9.93. The molecule has 3 rings (SSSR count). The first-order chi connectivity index (χ1) is 13.8. The van der Waals surface area contributed by atoms with Crippen LogP contribution in [-0.2, 0) is 0 Å². The number of carbonyl (C=O) groups is 1. The molecule has 1 aromatic carbocycles. The summed E-state index contributed by atoms with van der Waals surface area (Å²) in [6.45, 7) is 12.1. The van der Waals surface area contributed by atoms with Crippen LogP contribution in [0, 0.1) is 5.92 Å². The number of nitrogens with zero attached hydrogens (tertiary/aromatic N) is 4. The van der Waals surface area contributed by atoms with E-state index in [1.807, 2.05) is 56.8 Å². The van der Waals surface area contributed by atoms with Crippen LogP contribution in [0.1, 0.15) is 75.4 Å². The molecule has 0 N–H and O–H groups in total. The Bertz CT molecular complexity index is 921. The summed E-state index contributed by atoms with van der Waals surface area (Å²) in [7, 11) is 0. The summed E-state index contributed by atoms with van der Waals surface area (Å²) in [5.41, 5.74) is 4.26. The van der Waals surface area contributed by atoms with Crippen molar-refractivity contribution in [2.24, 2.45) is 5.92 Å². The molecule has 0 bridgehead atoms. The Morgan fingerprint density at radius 1 is 0.621 bits per heavy atom. The van der Waals surface area contributed by atoms with Gasteiger partial charge in [0.05, 0.1) is 0 Å². The first-order valence-corrected chi connectivity index (χ1v) is 10.1. The molecule has 0 spiro atoms. The van der Waals surface area contributed by atoms with Gasteiger partial charge < -0.3 is 0 Å². The van der Waals surface area contributed by atoms with Crippen molar-refractivity contribution in [1.82, 2.24) is 19.9 Å². The maximum atomic E-state index is 12.7. The number of hydrogen-bond donors (Lipinski definition) is 0. The molecule has 150 valence electrons. The smallest absolute Gasteiger partial charge is 0.165 e. The van der Waals surface area contributed by atoms with Gasteiger partial charge in [-0.25, -0.2) is 19.9 Å². The Kier molecular flexibility index (Phi) is 6.16. The number of benzene rings is 1. The first-order valence-electron chi connectivity index (χ1n) is 10.1. The van der Waals surface area contributed by atoms with Crippen LogP contribution in [0.4, 0.5) is 0 Å². The van der Waals surface area contributed by atoms with Crippen molar-refractivity contribution in [2.45, 2.75) is 53.4 Å². The maximum Gasteiger partial charge on any atom is 0.165 e. The van der Waals surface area contributed by atoms with Gasteiger partial charge in [0, 0.05) is 59.2 Å². The summed E-state index contributed by atoms with van der Waals surface area (Å²) < 4.78 is 0. The second-order valence-electron chi connectivity index (χ2n) is 8.29. The Hall–Kier alpha value is -2.95. The minimum atomic E-state index is -0.0859. The topological polar surface area (TPSA) is 68.6 Å². The third-order valence-corrected chi connectivity index (χ3v) is 4.78. The average molecular weight is 389 g/mol. The summed E-state index contributed by atoms with van der Waals surface area (Å²) >= 11 is 0. The van der Waals surface area contributed by atoms with Crippen LogP contribution < -0.4 is 0 Å². The highest BCUT2D eigenvalue weighted by atomic mass is 16.1. The molecule has 0 atom stereocenters. The van der Waals surface area contributed by atoms with E-state index in [0.717, 1.165) is 33.9 Å². The lowest BCUT2D eigenvalue weighted by Gasteiger charge is -2.12. The molecule has 0 fully saturated rings. The molecule has 5 heteroatoms. The maximum absolute atomic E-state index is 12.7. The molecule has 0 unspecified atom stereocenters. The molecule has 0 aliphatic carbocycles. The second-order valence-corrected chi connectivity index (χ2v) is 8.29. The van der Waals surface area contributed by atoms with Crippen LogP contribution in [0.15, 0.2) is 43.0 Å². The van der Waals surface area contributed by atoms with Crippen molar-refractivity contribution >= 4 is 5.78 Å². The number of rotatable bonds is 6. The minimum Gasteiger partial charge on any atom is -0.294 e. The van der Waals surface area contributed by atoms with E-state index < -0.39 is 0 Å². The highest BCUT2D eigenvalue weighted by Crippen LogP contribution is 2.29. The van der Waals surface area contributed by atoms with Gasteiger partial charge in [-0.15, -0.1) is 0 Å². The molecule has 0 amide bonds. The molecule has 3 aromatic rings. The predicted octanol–water partition coefficient (Wildman–Crippen LogP) is 5.69. The van der Waals surface area contributed by atoms with E-state index in [2.05, 4.69) is 47.6 Å². The number of ketones is 1. The summed E-state index contributed by atoms with van der Waals surface area (Å²) in [5, 5.41) is 0. The zero-order valence-corrected chi connectivity index (χ0v) is 18.0. The van der Waals surface area contributed by atoms with Gasteiger partial charge in [0.1, 0.15) is 11.6 Å². The second kappa shape index (κ2) is 8.60. The van der Waals surface area contributed by atoms with Crippen LogP contribution in [0.5, 0.6) is 0 Å². The molecule has 2 heterocycles. The molecule has 5 nitrogen and oxygen atoms in total. The van der Waals surface area contributed by atoms with Gasteiger partial charge in [-0.3, -0.25) is 4.79 Å². The quantitative estimate of drug-likeness (QED) is 0.508. The Morgan fingerprint density at radius 3 is 1.31 bits per heavy atom. The van der Waals surface area contributed by atoms with Crippen LogP contribution in [0.25, 0.3) is 22.3 Å². The largest absolute Gasteiger partial charge is 0.294 e. The lowest BCUT2D eigenvalue weighted by Crippen LogP contribution is -2.08. The van der Waals surface area contributed by atoms with Crippen LogP contribution in [-0.4, -0.2) is 25.7 Å². The molecule has 2 aromatic heterocycles. The van der Waals surface area contributed by atoms with Gasteiger partial charge >= 0.3 is 0 Å². The third-order valence-electron chi connectivity index (χ3n) is 4.78. The predicted molar refractivity (Wildman–Crippen MR) is 116 cm³/mol. The van der Waals surface area contributed by atoms with Crippen molar-refractivity contribution in [1.29, 1.82) is 0 Å². The van der Waals surface area contributed by atoms with Crippen LogP contribution >= 0.6 is 0 Å². The van der Waals surface area contributed by atoms with Gasteiger partial charge in [0.2, 0.25) is 0 Å². The van der Waals surface area contributed by atoms with E-state index in [1.165, 1.54) is 0 Å². The Morgan fingerprint density at radius 2 is 1.00 bits per heavy atom. The van der Waals surface area contributed by atoms with Crippen molar-refractivity contribution < 1.29 is 4.79 Å². The molecule has 0 radical (unpaired) electrons. The monoisotopic (exact) mass is 388 g/mol. The SMILES string of the molecule is CC(C)C(=O)c1cc(-c2cnc(C(C)C)nc2)cc(-c2cnc(C(C)C)nc2)c1. The zero-order chi connectivity index (χ0) is 21.1. The molecule has 0 saturated heterocycles. The molecule has 29 heavy (non-hydrogen) atoms. The van der Waals surface area contributed by atoms with Gasteiger partial charge in [0.15, 0.2) is 5.78 Å². The van der Waals surface area contributed by atoms with E-state index in [0.29, 0.717) is 5.56 Å². The highest BCUT2D eigenvalue weighted by molar-refractivity contribution is 5.99. The van der Waals surface area contributed by atoms with E-state index in [9.17, 15) is 4.79 Å². The zero-order valence-electron chi connectivity index (χ0n) is 18.0. The fourth-order valence-electron chi connectivity index (χ4n) is 3.01. The summed E-state index contributed by atoms with van der Waals surface area (Å²) in [5.74, 6) is 2.17. The molecule has 0 aliphatic heterocycles. The van der Waals surface area contributed by atoms with E-state index in [4.69, 9.17) is 0 Å². The molecular weight excluding hydrogens is 360 g/mol. The van der Waals surface area contributed by atoms with Gasteiger partial charge in [-0.2, -0.15) is 0 Å². The third kappa shape index (κ3) is 4.73. The number of aromatic nitrogens is 4. The van der Waals surface area contributed by atoms with Crippen molar-refractivity contribution in [3.8, 4) is 22.3 Å². The van der Waals surface area contributed by atoms with Gasteiger partial charge in [-0.1, -0.05) is 41.5 Å². The number of Topliss-reactive ketones (excluding diaryl/α,β-unsaturated/α-hetero) is 1. The summed E-state index contributed by atoms with van der Waals surface area (Å²) in [6.07, 6.45) is 7.29. The van der Waals surface area contributed by atoms with Crippen LogP contribution in [0.3, 0.4) is 0 Å². The fraction of sp³-hybridized carbons (Fsp3) is 0.375. The van der Waals surface area contributed by atoms with Crippen molar-refractivity contribution in [3.63, 3.8) is 0 Å². The van der Waals surface area contributed by atoms with Gasteiger partial charge in [0.25, 0.3) is 0 Å². The highest BCUT2D eigenvalue weighted by Gasteiger charge is 2.15. The molecule has 0 saturated carbocycles. The van der Waals surface area contributed by atoms with E-state index in [1.54, 1.807) is 0 Å². The summed E-state index contributed by atoms with van der Waals surface area (Å²) in [4.78, 5) is 30.6. The average Bonchev–Trinajstić information content (AvgIpc) is 2.72. The lowest BCUT2D eigenvalue weighted by molar-refractivity contribution is 0.0939. The fourth-order valence-corrected chi connectivity index (χ4v) is 3.01. The standard InChI is InChI=1S/C24H28N4O/c1-14(2)22(29)19-8-17(20-10-25-23(15(3)4)26-11-20)7-18(9-19)21-12-27-24(16(5)6)28-13-21/h7-16H,1-6H3. The molecular formula is C24H28N4O. The summed E-state index contributed by atoms with van der Waals surface area (Å²) in [6, 6.07) is 5.88. The Labute approximate surface area is 172 Å². The minimum absolute atomic E-state index is 0.0859.